The molecule has 1 heterocycles. The normalized spacial score (nSPS) is 23.1. The number of sulfone groups is 1. The van der Waals surface area contributed by atoms with Gasteiger partial charge in [-0.25, -0.2) is 8.42 Å². The van der Waals surface area contributed by atoms with E-state index >= 15 is 0 Å². The lowest BCUT2D eigenvalue weighted by Crippen LogP contribution is -2.36. The lowest BCUT2D eigenvalue weighted by Gasteiger charge is -2.28. The van der Waals surface area contributed by atoms with Crippen LogP contribution in [0.3, 0.4) is 0 Å². The van der Waals surface area contributed by atoms with E-state index in [1.807, 2.05) is 26.0 Å². The highest BCUT2D eigenvalue weighted by molar-refractivity contribution is 7.91. The average Bonchev–Trinajstić information content (AvgIpc) is 2.37. The first-order chi connectivity index (χ1) is 8.92. The zero-order valence-corrected chi connectivity index (χ0v) is 12.2. The summed E-state index contributed by atoms with van der Waals surface area (Å²) >= 11 is 0. The van der Waals surface area contributed by atoms with Gasteiger partial charge < -0.3 is 10.4 Å². The Morgan fingerprint density at radius 3 is 2.74 bits per heavy atom. The van der Waals surface area contributed by atoms with Crippen molar-refractivity contribution in [3.05, 3.63) is 29.8 Å². The van der Waals surface area contributed by atoms with Crippen molar-refractivity contribution in [2.75, 3.05) is 12.3 Å². The standard InChI is InChI=1S/C14H21NO3S/c1-10(2)13(16)9-15-12-7-8-19(17,18)14-6-4-3-5-11(12)14/h3-6,10,12-13,15-16H,7-9H2,1-2H3. The molecule has 0 amide bonds. The minimum atomic E-state index is -3.13. The van der Waals surface area contributed by atoms with Gasteiger partial charge in [0, 0.05) is 12.6 Å². The van der Waals surface area contributed by atoms with E-state index in [2.05, 4.69) is 5.32 Å². The summed E-state index contributed by atoms with van der Waals surface area (Å²) < 4.78 is 24.0. The SMILES string of the molecule is CC(C)C(O)CNC1CCS(=O)(=O)c2ccccc21. The summed E-state index contributed by atoms with van der Waals surface area (Å²) in [5, 5.41) is 13.1. The van der Waals surface area contributed by atoms with E-state index in [1.165, 1.54) is 0 Å². The number of rotatable bonds is 4. The molecule has 4 nitrogen and oxygen atoms in total. The molecular formula is C14H21NO3S. The van der Waals surface area contributed by atoms with Gasteiger partial charge in [0.2, 0.25) is 0 Å². The van der Waals surface area contributed by atoms with Gasteiger partial charge in [-0.1, -0.05) is 32.0 Å². The maximum Gasteiger partial charge on any atom is 0.178 e. The molecule has 0 aromatic heterocycles. The van der Waals surface area contributed by atoms with Gasteiger partial charge in [0.05, 0.1) is 16.8 Å². The Kier molecular flexibility index (Phi) is 4.28. The predicted molar refractivity (Wildman–Crippen MR) is 74.7 cm³/mol. The van der Waals surface area contributed by atoms with Gasteiger partial charge in [0.15, 0.2) is 9.84 Å². The number of hydrogen-bond acceptors (Lipinski definition) is 4. The Labute approximate surface area is 114 Å². The van der Waals surface area contributed by atoms with Crippen LogP contribution in [0.2, 0.25) is 0 Å². The van der Waals surface area contributed by atoms with Crippen LogP contribution in [0.15, 0.2) is 29.2 Å². The van der Waals surface area contributed by atoms with Gasteiger partial charge in [-0.15, -0.1) is 0 Å². The van der Waals surface area contributed by atoms with Crippen LogP contribution in [0.5, 0.6) is 0 Å². The molecule has 1 aromatic rings. The summed E-state index contributed by atoms with van der Waals surface area (Å²) in [6, 6.07) is 7.13. The molecule has 19 heavy (non-hydrogen) atoms. The summed E-state index contributed by atoms with van der Waals surface area (Å²) in [4.78, 5) is 0.429. The molecule has 0 saturated carbocycles. The van der Waals surface area contributed by atoms with Crippen molar-refractivity contribution in [3.63, 3.8) is 0 Å². The van der Waals surface area contributed by atoms with Crippen LogP contribution in [0.4, 0.5) is 0 Å². The molecule has 1 aliphatic rings. The fourth-order valence-electron chi connectivity index (χ4n) is 2.30. The van der Waals surface area contributed by atoms with Crippen LogP contribution in [0.1, 0.15) is 31.9 Å². The number of nitrogens with one attached hydrogen (secondary N) is 1. The fraction of sp³-hybridized carbons (Fsp3) is 0.571. The van der Waals surface area contributed by atoms with Gasteiger partial charge in [0.25, 0.3) is 0 Å². The van der Waals surface area contributed by atoms with E-state index in [-0.39, 0.29) is 17.7 Å². The molecule has 0 bridgehead atoms. The lowest BCUT2D eigenvalue weighted by atomic mass is 10.0. The quantitative estimate of drug-likeness (QED) is 0.879. The smallest absolute Gasteiger partial charge is 0.178 e. The zero-order chi connectivity index (χ0) is 14.0. The van der Waals surface area contributed by atoms with E-state index < -0.39 is 15.9 Å². The molecule has 106 valence electrons. The Morgan fingerprint density at radius 2 is 2.05 bits per heavy atom. The molecule has 0 radical (unpaired) electrons. The summed E-state index contributed by atoms with van der Waals surface area (Å²) in [5.41, 5.74) is 0.824. The monoisotopic (exact) mass is 283 g/mol. The lowest BCUT2D eigenvalue weighted by molar-refractivity contribution is 0.119. The second-order valence-electron chi connectivity index (χ2n) is 5.42. The van der Waals surface area contributed by atoms with Crippen molar-refractivity contribution in [2.24, 2.45) is 5.92 Å². The zero-order valence-electron chi connectivity index (χ0n) is 11.3. The Hall–Kier alpha value is -0.910. The van der Waals surface area contributed by atoms with Crippen LogP contribution in [0.25, 0.3) is 0 Å². The highest BCUT2D eigenvalue weighted by atomic mass is 32.2. The molecule has 1 aliphatic heterocycles. The minimum absolute atomic E-state index is 0.00752. The molecule has 2 unspecified atom stereocenters. The number of hydrogen-bond donors (Lipinski definition) is 2. The van der Waals surface area contributed by atoms with Crippen molar-refractivity contribution >= 4 is 9.84 Å². The molecule has 2 N–H and O–H groups in total. The molecule has 5 heteroatoms. The molecule has 0 fully saturated rings. The Balaban J connectivity index is 2.17. The van der Waals surface area contributed by atoms with E-state index in [1.54, 1.807) is 12.1 Å². The summed E-state index contributed by atoms with van der Waals surface area (Å²) in [5.74, 6) is 0.356. The highest BCUT2D eigenvalue weighted by Crippen LogP contribution is 2.31. The van der Waals surface area contributed by atoms with Crippen molar-refractivity contribution < 1.29 is 13.5 Å². The predicted octanol–water partition coefficient (Wildman–Crippen LogP) is 1.51. The first kappa shape index (κ1) is 14.5. The van der Waals surface area contributed by atoms with Gasteiger partial charge in [0.1, 0.15) is 0 Å². The maximum absolute atomic E-state index is 12.0. The van der Waals surface area contributed by atoms with Gasteiger partial charge in [-0.3, -0.25) is 0 Å². The highest BCUT2D eigenvalue weighted by Gasteiger charge is 2.29. The molecule has 0 aliphatic carbocycles. The van der Waals surface area contributed by atoms with Gasteiger partial charge in [-0.05, 0) is 24.0 Å². The first-order valence-electron chi connectivity index (χ1n) is 6.65. The van der Waals surface area contributed by atoms with Crippen molar-refractivity contribution in [1.82, 2.24) is 5.32 Å². The summed E-state index contributed by atoms with van der Waals surface area (Å²) in [6.07, 6.45) is 0.148. The minimum Gasteiger partial charge on any atom is -0.392 e. The number of benzene rings is 1. The topological polar surface area (TPSA) is 66.4 Å². The average molecular weight is 283 g/mol. The Morgan fingerprint density at radius 1 is 1.37 bits per heavy atom. The maximum atomic E-state index is 12.0. The number of aliphatic hydroxyl groups is 1. The van der Waals surface area contributed by atoms with Crippen LogP contribution < -0.4 is 5.32 Å². The molecule has 0 spiro atoms. The Bertz CT molecular complexity index is 539. The number of aliphatic hydroxyl groups excluding tert-OH is 1. The van der Waals surface area contributed by atoms with Crippen molar-refractivity contribution in [3.8, 4) is 0 Å². The van der Waals surface area contributed by atoms with E-state index in [0.717, 1.165) is 5.56 Å². The van der Waals surface area contributed by atoms with Gasteiger partial charge >= 0.3 is 0 Å². The largest absolute Gasteiger partial charge is 0.392 e. The molecule has 2 rings (SSSR count). The van der Waals surface area contributed by atoms with Gasteiger partial charge in [-0.2, -0.15) is 0 Å². The molecule has 0 saturated heterocycles. The second kappa shape index (κ2) is 5.61. The van der Waals surface area contributed by atoms with E-state index in [0.29, 0.717) is 17.9 Å². The summed E-state index contributed by atoms with van der Waals surface area (Å²) in [6.45, 7) is 4.41. The van der Waals surface area contributed by atoms with E-state index in [9.17, 15) is 13.5 Å². The van der Waals surface area contributed by atoms with E-state index in [4.69, 9.17) is 0 Å². The third-order valence-corrected chi connectivity index (χ3v) is 5.46. The molecular weight excluding hydrogens is 262 g/mol. The first-order valence-corrected chi connectivity index (χ1v) is 8.30. The van der Waals surface area contributed by atoms with Crippen molar-refractivity contribution in [1.29, 1.82) is 0 Å². The fourth-order valence-corrected chi connectivity index (χ4v) is 3.92. The second-order valence-corrected chi connectivity index (χ2v) is 7.50. The molecule has 1 aromatic carbocycles. The molecule has 2 atom stereocenters. The van der Waals surface area contributed by atoms with Crippen LogP contribution in [-0.4, -0.2) is 31.9 Å². The van der Waals surface area contributed by atoms with Crippen molar-refractivity contribution in [2.45, 2.75) is 37.3 Å². The van der Waals surface area contributed by atoms with Crippen LogP contribution in [0, 0.1) is 5.92 Å². The summed E-state index contributed by atoms with van der Waals surface area (Å²) in [7, 11) is -3.13. The third kappa shape index (κ3) is 3.16. The van der Waals surface area contributed by atoms with Crippen LogP contribution >= 0.6 is 0 Å². The third-order valence-electron chi connectivity index (χ3n) is 3.65. The van der Waals surface area contributed by atoms with Crippen LogP contribution in [-0.2, 0) is 9.84 Å². The number of fused-ring (bicyclic) bond motifs is 1.